The van der Waals surface area contributed by atoms with E-state index in [9.17, 15) is 18.3 Å². The smallest absolute Gasteiger partial charge is 0.222 e. The average molecular weight is 381 g/mol. The molecule has 2 saturated heterocycles. The first kappa shape index (κ1) is 19.3. The molecule has 2 heterocycles. The molecular formula is C19H28N2O4S. The Morgan fingerprint density at radius 3 is 2.65 bits per heavy atom. The highest BCUT2D eigenvalue weighted by Crippen LogP contribution is 2.43. The molecule has 2 atom stereocenters. The molecule has 26 heavy (non-hydrogen) atoms. The Labute approximate surface area is 155 Å². The van der Waals surface area contributed by atoms with Gasteiger partial charge in [-0.3, -0.25) is 4.79 Å². The van der Waals surface area contributed by atoms with Crippen molar-refractivity contribution >= 4 is 15.9 Å². The summed E-state index contributed by atoms with van der Waals surface area (Å²) in [5.41, 5.74) is 0.835. The second-order valence-corrected chi connectivity index (χ2v) is 9.68. The van der Waals surface area contributed by atoms with Crippen LogP contribution in [-0.2, 0) is 21.2 Å². The monoisotopic (exact) mass is 380 g/mol. The van der Waals surface area contributed by atoms with Gasteiger partial charge < -0.3 is 10.0 Å². The maximum Gasteiger partial charge on any atom is 0.222 e. The number of fused-ring (bicyclic) bond motifs is 1. The number of likely N-dealkylation sites (tertiary alicyclic amines) is 1. The van der Waals surface area contributed by atoms with Crippen molar-refractivity contribution in [2.24, 2.45) is 11.3 Å². The summed E-state index contributed by atoms with van der Waals surface area (Å²) in [5.74, 6) is 0.138. The van der Waals surface area contributed by atoms with Crippen LogP contribution in [0.15, 0.2) is 30.3 Å². The van der Waals surface area contributed by atoms with Crippen molar-refractivity contribution < 1.29 is 18.3 Å². The Kier molecular flexibility index (Phi) is 5.69. The number of amides is 1. The molecule has 0 spiro atoms. The van der Waals surface area contributed by atoms with Crippen LogP contribution in [0.2, 0.25) is 0 Å². The quantitative estimate of drug-likeness (QED) is 0.802. The average Bonchev–Trinajstić information content (AvgIpc) is 3.02. The molecule has 0 aliphatic carbocycles. The maximum atomic E-state index is 12.6. The zero-order valence-electron chi connectivity index (χ0n) is 15.3. The molecule has 0 radical (unpaired) electrons. The summed E-state index contributed by atoms with van der Waals surface area (Å²) in [6.07, 6.45) is 4.06. The van der Waals surface area contributed by atoms with E-state index in [0.717, 1.165) is 12.8 Å². The van der Waals surface area contributed by atoms with Crippen molar-refractivity contribution in [3.63, 3.8) is 0 Å². The van der Waals surface area contributed by atoms with Crippen molar-refractivity contribution in [3.05, 3.63) is 35.9 Å². The van der Waals surface area contributed by atoms with Gasteiger partial charge >= 0.3 is 0 Å². The fourth-order valence-electron chi connectivity index (χ4n) is 4.22. The largest absolute Gasteiger partial charge is 0.396 e. The van der Waals surface area contributed by atoms with Crippen LogP contribution in [0.4, 0.5) is 0 Å². The van der Waals surface area contributed by atoms with Crippen LogP contribution < -0.4 is 0 Å². The molecular weight excluding hydrogens is 352 g/mol. The summed E-state index contributed by atoms with van der Waals surface area (Å²) in [5, 5.41) is 9.90. The standard InChI is InChI=1S/C19H28N2O4S/c1-26(24,25)21-13-17-12-20(11-10-19(17,14-21)15-22)18(23)9-5-8-16-6-3-2-4-7-16/h2-4,6-7,17,22H,5,8-15H2,1H3/t17-,19+/m1/s1. The Morgan fingerprint density at radius 2 is 2.00 bits per heavy atom. The lowest BCUT2D eigenvalue weighted by molar-refractivity contribution is -0.135. The van der Waals surface area contributed by atoms with E-state index in [-0.39, 0.29) is 18.4 Å². The molecule has 0 bridgehead atoms. The molecule has 2 aliphatic heterocycles. The topological polar surface area (TPSA) is 77.9 Å². The normalized spacial score (nSPS) is 26.7. The van der Waals surface area contributed by atoms with Crippen molar-refractivity contribution in [3.8, 4) is 0 Å². The number of benzene rings is 1. The minimum absolute atomic E-state index is 0.00838. The van der Waals surface area contributed by atoms with E-state index >= 15 is 0 Å². The van der Waals surface area contributed by atoms with Gasteiger partial charge in [-0.2, -0.15) is 0 Å². The second-order valence-electron chi connectivity index (χ2n) is 7.70. The fourth-order valence-corrected chi connectivity index (χ4v) is 5.16. The SMILES string of the molecule is CS(=O)(=O)N1C[C@H]2CN(C(=O)CCCc3ccccc3)CC[C@@]2(CO)C1. The van der Waals surface area contributed by atoms with Crippen LogP contribution in [0.25, 0.3) is 0 Å². The highest BCUT2D eigenvalue weighted by atomic mass is 32.2. The first-order valence-corrected chi connectivity index (χ1v) is 11.1. The summed E-state index contributed by atoms with van der Waals surface area (Å²) >= 11 is 0. The third-order valence-corrected chi connectivity index (χ3v) is 7.15. The maximum absolute atomic E-state index is 12.6. The summed E-state index contributed by atoms with van der Waals surface area (Å²) in [6, 6.07) is 10.1. The molecule has 0 saturated carbocycles. The predicted octanol–water partition coefficient (Wildman–Crippen LogP) is 1.11. The van der Waals surface area contributed by atoms with Gasteiger partial charge in [0.1, 0.15) is 0 Å². The number of aliphatic hydroxyl groups excluding tert-OH is 1. The number of piperidine rings is 1. The first-order chi connectivity index (χ1) is 12.3. The van der Waals surface area contributed by atoms with E-state index in [2.05, 4.69) is 12.1 Å². The predicted molar refractivity (Wildman–Crippen MR) is 100 cm³/mol. The van der Waals surface area contributed by atoms with Gasteiger partial charge in [0.15, 0.2) is 0 Å². The minimum Gasteiger partial charge on any atom is -0.396 e. The Morgan fingerprint density at radius 1 is 1.27 bits per heavy atom. The lowest BCUT2D eigenvalue weighted by atomic mass is 9.73. The van der Waals surface area contributed by atoms with Crippen molar-refractivity contribution in [1.82, 2.24) is 9.21 Å². The molecule has 1 aromatic carbocycles. The van der Waals surface area contributed by atoms with Gasteiger partial charge in [0.25, 0.3) is 0 Å². The highest BCUT2D eigenvalue weighted by molar-refractivity contribution is 7.88. The highest BCUT2D eigenvalue weighted by Gasteiger charge is 2.51. The summed E-state index contributed by atoms with van der Waals surface area (Å²) in [4.78, 5) is 14.4. The van der Waals surface area contributed by atoms with Crippen LogP contribution in [0.1, 0.15) is 24.8 Å². The number of hydrogen-bond donors (Lipinski definition) is 1. The van der Waals surface area contributed by atoms with Crippen LogP contribution in [0.5, 0.6) is 0 Å². The molecule has 2 fully saturated rings. The lowest BCUT2D eigenvalue weighted by Crippen LogP contribution is -2.50. The lowest BCUT2D eigenvalue weighted by Gasteiger charge is -2.42. The number of nitrogens with zero attached hydrogens (tertiary/aromatic N) is 2. The van der Waals surface area contributed by atoms with Gasteiger partial charge in [-0.1, -0.05) is 30.3 Å². The van der Waals surface area contributed by atoms with Gasteiger partial charge in [-0.15, -0.1) is 0 Å². The number of hydrogen-bond acceptors (Lipinski definition) is 4. The molecule has 6 nitrogen and oxygen atoms in total. The number of carbonyl (C=O) groups is 1. The summed E-state index contributed by atoms with van der Waals surface area (Å²) in [7, 11) is -3.27. The molecule has 2 aliphatic rings. The molecule has 3 rings (SSSR count). The molecule has 7 heteroatoms. The van der Waals surface area contributed by atoms with Crippen molar-refractivity contribution in [2.45, 2.75) is 25.7 Å². The van der Waals surface area contributed by atoms with Crippen LogP contribution in [-0.4, -0.2) is 67.7 Å². The van der Waals surface area contributed by atoms with Crippen LogP contribution >= 0.6 is 0 Å². The molecule has 1 amide bonds. The van der Waals surface area contributed by atoms with E-state index in [1.807, 2.05) is 23.1 Å². The van der Waals surface area contributed by atoms with E-state index in [0.29, 0.717) is 39.0 Å². The minimum atomic E-state index is -3.27. The van der Waals surface area contributed by atoms with Crippen molar-refractivity contribution in [1.29, 1.82) is 0 Å². The van der Waals surface area contributed by atoms with Gasteiger partial charge in [0, 0.05) is 38.0 Å². The zero-order valence-corrected chi connectivity index (χ0v) is 16.1. The third kappa shape index (κ3) is 4.10. The molecule has 1 N–H and O–H groups in total. The second kappa shape index (κ2) is 7.66. The number of rotatable bonds is 6. The Bertz CT molecular complexity index is 737. The fraction of sp³-hybridized carbons (Fsp3) is 0.632. The van der Waals surface area contributed by atoms with Crippen LogP contribution in [0, 0.1) is 11.3 Å². The molecule has 1 aromatic rings. The number of carbonyl (C=O) groups excluding carboxylic acids is 1. The number of aliphatic hydroxyl groups is 1. The summed E-state index contributed by atoms with van der Waals surface area (Å²) < 4.78 is 25.2. The van der Waals surface area contributed by atoms with E-state index in [1.54, 1.807) is 0 Å². The van der Waals surface area contributed by atoms with E-state index in [4.69, 9.17) is 0 Å². The Balaban J connectivity index is 1.56. The van der Waals surface area contributed by atoms with Gasteiger partial charge in [0.2, 0.25) is 15.9 Å². The van der Waals surface area contributed by atoms with Gasteiger partial charge in [-0.05, 0) is 30.7 Å². The van der Waals surface area contributed by atoms with E-state index in [1.165, 1.54) is 16.1 Å². The summed E-state index contributed by atoms with van der Waals surface area (Å²) in [6.45, 7) is 1.87. The third-order valence-electron chi connectivity index (χ3n) is 5.94. The van der Waals surface area contributed by atoms with Crippen molar-refractivity contribution in [2.75, 3.05) is 39.0 Å². The number of aryl methyl sites for hydroxylation is 1. The molecule has 0 aromatic heterocycles. The van der Waals surface area contributed by atoms with Gasteiger partial charge in [0.05, 0.1) is 12.9 Å². The zero-order chi connectivity index (χ0) is 18.8. The number of sulfonamides is 1. The Hall–Kier alpha value is -1.44. The molecule has 0 unspecified atom stereocenters. The van der Waals surface area contributed by atoms with E-state index < -0.39 is 15.4 Å². The molecule has 144 valence electrons. The first-order valence-electron chi connectivity index (χ1n) is 9.22. The van der Waals surface area contributed by atoms with Gasteiger partial charge in [-0.25, -0.2) is 12.7 Å². The van der Waals surface area contributed by atoms with Crippen LogP contribution in [0.3, 0.4) is 0 Å².